The Kier molecular flexibility index (Phi) is 4.22. The molecule has 1 aliphatic heterocycles. The van der Waals surface area contributed by atoms with E-state index in [9.17, 15) is 5.26 Å². The number of aromatic nitrogens is 4. The van der Waals surface area contributed by atoms with Crippen LogP contribution >= 0.6 is 15.9 Å². The van der Waals surface area contributed by atoms with Crippen molar-refractivity contribution >= 4 is 15.9 Å². The summed E-state index contributed by atoms with van der Waals surface area (Å²) >= 11 is 3.56. The van der Waals surface area contributed by atoms with Gasteiger partial charge in [-0.2, -0.15) is 20.1 Å². The predicted octanol–water partition coefficient (Wildman–Crippen LogP) is 3.85. The molecule has 0 fully saturated rings. The Labute approximate surface area is 179 Å². The Morgan fingerprint density at radius 2 is 2.00 bits per heavy atom. The highest BCUT2D eigenvalue weighted by atomic mass is 79.9. The Hall–Kier alpha value is -3.77. The lowest BCUT2D eigenvalue weighted by Gasteiger charge is -2.25. The fraction of sp³-hybridized carbons (Fsp3) is 0.0952. The van der Waals surface area contributed by atoms with Crippen LogP contribution in [-0.4, -0.2) is 19.6 Å². The van der Waals surface area contributed by atoms with E-state index >= 15 is 0 Å². The van der Waals surface area contributed by atoms with Crippen molar-refractivity contribution < 1.29 is 9.15 Å². The number of halogens is 1. The van der Waals surface area contributed by atoms with E-state index in [4.69, 9.17) is 20.0 Å². The molecule has 0 saturated carbocycles. The minimum Gasteiger partial charge on any atom is -0.463 e. The SMILES string of the molecule is Cn1ncc(Br)c1C1C(C#N)=C(N)Oc2c1c(-c1ccco1)nn2-c1ccccc1. The van der Waals surface area contributed by atoms with E-state index in [-0.39, 0.29) is 11.5 Å². The van der Waals surface area contributed by atoms with Crippen LogP contribution in [0.3, 0.4) is 0 Å². The number of aryl methyl sites for hydroxylation is 1. The summed E-state index contributed by atoms with van der Waals surface area (Å²) in [5.41, 5.74) is 9.29. The van der Waals surface area contributed by atoms with Crippen molar-refractivity contribution in [3.05, 3.63) is 82.1 Å². The van der Waals surface area contributed by atoms with Crippen LogP contribution < -0.4 is 10.5 Å². The van der Waals surface area contributed by atoms with E-state index in [1.54, 1.807) is 27.9 Å². The van der Waals surface area contributed by atoms with Gasteiger partial charge in [0.2, 0.25) is 11.8 Å². The van der Waals surface area contributed by atoms with Gasteiger partial charge in [0, 0.05) is 7.05 Å². The predicted molar refractivity (Wildman–Crippen MR) is 111 cm³/mol. The molecule has 1 aromatic carbocycles. The summed E-state index contributed by atoms with van der Waals surface area (Å²) in [7, 11) is 1.81. The maximum absolute atomic E-state index is 9.92. The summed E-state index contributed by atoms with van der Waals surface area (Å²) in [5.74, 6) is 0.483. The van der Waals surface area contributed by atoms with Crippen LogP contribution in [0.4, 0.5) is 0 Å². The minimum absolute atomic E-state index is 0.0335. The number of furan rings is 1. The molecule has 0 aliphatic carbocycles. The molecule has 0 spiro atoms. The second-order valence-corrected chi connectivity index (χ2v) is 7.57. The third-order valence-corrected chi connectivity index (χ3v) is 5.63. The largest absolute Gasteiger partial charge is 0.463 e. The standard InChI is InChI=1S/C21H15BrN6O2/c1-27-19(14(22)11-25-27)16-13(10-23)20(24)30-21-17(16)18(15-8-5-9-29-15)26-28(21)12-6-3-2-4-7-12/h2-9,11,16H,24H2,1H3. The molecule has 5 rings (SSSR count). The van der Waals surface area contributed by atoms with Gasteiger partial charge in [-0.3, -0.25) is 4.68 Å². The molecular weight excluding hydrogens is 448 g/mol. The third-order valence-electron chi connectivity index (χ3n) is 5.01. The van der Waals surface area contributed by atoms with Gasteiger partial charge < -0.3 is 14.9 Å². The van der Waals surface area contributed by atoms with Gasteiger partial charge in [-0.05, 0) is 40.2 Å². The van der Waals surface area contributed by atoms with Gasteiger partial charge in [-0.25, -0.2) is 0 Å². The number of ether oxygens (including phenoxy) is 1. The molecule has 2 N–H and O–H groups in total. The first-order chi connectivity index (χ1) is 14.6. The number of nitrogens with two attached hydrogens (primary N) is 1. The second-order valence-electron chi connectivity index (χ2n) is 6.72. The van der Waals surface area contributed by atoms with Crippen LogP contribution in [0.5, 0.6) is 5.88 Å². The summed E-state index contributed by atoms with van der Waals surface area (Å²) in [6.07, 6.45) is 3.27. The number of rotatable bonds is 3. The van der Waals surface area contributed by atoms with E-state index in [2.05, 4.69) is 27.1 Å². The van der Waals surface area contributed by atoms with Gasteiger partial charge in [0.25, 0.3) is 0 Å². The van der Waals surface area contributed by atoms with Gasteiger partial charge in [0.1, 0.15) is 17.3 Å². The van der Waals surface area contributed by atoms with Crippen molar-refractivity contribution in [3.8, 4) is 29.1 Å². The maximum atomic E-state index is 9.92. The lowest BCUT2D eigenvalue weighted by atomic mass is 9.86. The molecule has 8 nitrogen and oxygen atoms in total. The highest BCUT2D eigenvalue weighted by Crippen LogP contribution is 2.48. The summed E-state index contributed by atoms with van der Waals surface area (Å²) in [6.45, 7) is 0. The monoisotopic (exact) mass is 462 g/mol. The molecule has 148 valence electrons. The number of allylic oxidation sites excluding steroid dienone is 1. The summed E-state index contributed by atoms with van der Waals surface area (Å²) in [5, 5.41) is 19.0. The van der Waals surface area contributed by atoms with E-state index < -0.39 is 5.92 Å². The van der Waals surface area contributed by atoms with Crippen LogP contribution in [0.2, 0.25) is 0 Å². The number of nitriles is 1. The zero-order valence-corrected chi connectivity index (χ0v) is 17.4. The average Bonchev–Trinajstić information content (AvgIpc) is 3.47. The second kappa shape index (κ2) is 6.93. The highest BCUT2D eigenvalue weighted by Gasteiger charge is 2.40. The van der Waals surface area contributed by atoms with Gasteiger partial charge in [-0.15, -0.1) is 0 Å². The number of fused-ring (bicyclic) bond motifs is 1. The molecule has 0 radical (unpaired) electrons. The Bertz CT molecular complexity index is 1290. The van der Waals surface area contributed by atoms with E-state index in [0.29, 0.717) is 22.9 Å². The van der Waals surface area contributed by atoms with Crippen molar-refractivity contribution in [2.45, 2.75) is 5.92 Å². The summed E-state index contributed by atoms with van der Waals surface area (Å²) < 4.78 is 15.7. The molecule has 3 aromatic heterocycles. The molecule has 4 heterocycles. The maximum Gasteiger partial charge on any atom is 0.229 e. The topological polar surface area (TPSA) is 108 Å². The zero-order chi connectivity index (χ0) is 20.8. The molecule has 1 aliphatic rings. The van der Waals surface area contributed by atoms with Crippen LogP contribution in [-0.2, 0) is 7.05 Å². The van der Waals surface area contributed by atoms with Crippen molar-refractivity contribution in [1.82, 2.24) is 19.6 Å². The first kappa shape index (κ1) is 18.3. The Morgan fingerprint density at radius 3 is 2.63 bits per heavy atom. The summed E-state index contributed by atoms with van der Waals surface area (Å²) in [6, 6.07) is 15.4. The summed E-state index contributed by atoms with van der Waals surface area (Å²) in [4.78, 5) is 0. The van der Waals surface area contributed by atoms with E-state index in [1.165, 1.54) is 0 Å². The van der Waals surface area contributed by atoms with Crippen molar-refractivity contribution in [2.24, 2.45) is 12.8 Å². The molecule has 4 aromatic rings. The van der Waals surface area contributed by atoms with Gasteiger partial charge >= 0.3 is 0 Å². The van der Waals surface area contributed by atoms with E-state index in [1.807, 2.05) is 43.4 Å². The minimum atomic E-state index is -0.543. The first-order valence-electron chi connectivity index (χ1n) is 9.07. The van der Waals surface area contributed by atoms with Gasteiger partial charge in [0.15, 0.2) is 5.76 Å². The Balaban J connectivity index is 1.86. The molecule has 0 saturated heterocycles. The first-order valence-corrected chi connectivity index (χ1v) is 9.86. The number of hydrogen-bond acceptors (Lipinski definition) is 6. The van der Waals surface area contributed by atoms with Crippen LogP contribution in [0.1, 0.15) is 17.2 Å². The third kappa shape index (κ3) is 2.65. The quantitative estimate of drug-likeness (QED) is 0.495. The number of hydrogen-bond donors (Lipinski definition) is 1. The van der Waals surface area contributed by atoms with Crippen molar-refractivity contribution in [3.63, 3.8) is 0 Å². The van der Waals surface area contributed by atoms with Crippen molar-refractivity contribution in [2.75, 3.05) is 0 Å². The molecule has 0 amide bonds. The zero-order valence-electron chi connectivity index (χ0n) is 15.8. The lowest BCUT2D eigenvalue weighted by Crippen LogP contribution is -2.23. The number of benzene rings is 1. The van der Waals surface area contributed by atoms with Crippen molar-refractivity contribution in [1.29, 1.82) is 5.26 Å². The Morgan fingerprint density at radius 1 is 1.20 bits per heavy atom. The normalized spacial score (nSPS) is 15.6. The lowest BCUT2D eigenvalue weighted by molar-refractivity contribution is 0.365. The molecule has 30 heavy (non-hydrogen) atoms. The fourth-order valence-corrected chi connectivity index (χ4v) is 4.27. The molecular formula is C21H15BrN6O2. The number of para-hydroxylation sites is 1. The number of nitrogens with zero attached hydrogens (tertiary/aromatic N) is 5. The van der Waals surface area contributed by atoms with Gasteiger partial charge in [0.05, 0.1) is 39.8 Å². The highest BCUT2D eigenvalue weighted by molar-refractivity contribution is 9.10. The van der Waals surface area contributed by atoms with Crippen LogP contribution in [0, 0.1) is 11.3 Å². The van der Waals surface area contributed by atoms with Crippen LogP contribution in [0.25, 0.3) is 17.1 Å². The fourth-order valence-electron chi connectivity index (χ4n) is 3.70. The van der Waals surface area contributed by atoms with E-state index in [0.717, 1.165) is 15.9 Å². The van der Waals surface area contributed by atoms with Gasteiger partial charge in [-0.1, -0.05) is 18.2 Å². The average molecular weight is 463 g/mol. The molecule has 9 heteroatoms. The molecule has 1 unspecified atom stereocenters. The molecule has 0 bridgehead atoms. The smallest absolute Gasteiger partial charge is 0.229 e. The van der Waals surface area contributed by atoms with Crippen LogP contribution in [0.15, 0.2) is 75.3 Å². The molecule has 1 atom stereocenters.